The highest BCUT2D eigenvalue weighted by Crippen LogP contribution is 2.26. The van der Waals surface area contributed by atoms with Crippen LogP contribution in [-0.2, 0) is 10.7 Å². The molecule has 2 aromatic carbocycles. The molecule has 2 aromatic rings. The summed E-state index contributed by atoms with van der Waals surface area (Å²) in [5.74, 6) is 0. The minimum Gasteiger partial charge on any atom is -0.379 e. The van der Waals surface area contributed by atoms with Crippen molar-refractivity contribution in [1.82, 2.24) is 4.90 Å². The van der Waals surface area contributed by atoms with Crippen LogP contribution in [0.25, 0.3) is 0 Å². The van der Waals surface area contributed by atoms with Gasteiger partial charge in [0.1, 0.15) is 23.2 Å². The minimum atomic E-state index is -2.80. The molecule has 1 heterocycles. The molecule has 3 atom stereocenters. The average Bonchev–Trinajstić information content (AvgIpc) is 3.18. The Morgan fingerprint density at radius 1 is 1.07 bits per heavy atom. The highest BCUT2D eigenvalue weighted by Gasteiger charge is 2.25. The van der Waals surface area contributed by atoms with E-state index in [-0.39, 0.29) is 6.54 Å². The van der Waals surface area contributed by atoms with Gasteiger partial charge in [-0.3, -0.25) is 9.91 Å². The fourth-order valence-corrected chi connectivity index (χ4v) is 4.33. The summed E-state index contributed by atoms with van der Waals surface area (Å²) in [5, 5.41) is 26.0. The van der Waals surface area contributed by atoms with Gasteiger partial charge in [-0.05, 0) is 49.2 Å². The van der Waals surface area contributed by atoms with Crippen molar-refractivity contribution >= 4 is 33.7 Å². The molecule has 0 amide bonds. The van der Waals surface area contributed by atoms with Gasteiger partial charge in [0.2, 0.25) is 0 Å². The summed E-state index contributed by atoms with van der Waals surface area (Å²) >= 11 is 5.95. The van der Waals surface area contributed by atoms with E-state index < -0.39 is 28.4 Å². The third-order valence-corrected chi connectivity index (χ3v) is 6.38. The van der Waals surface area contributed by atoms with Crippen LogP contribution in [0.3, 0.4) is 0 Å². The molecular weight excluding hydrogens is 426 g/mol. The number of rotatable bonds is 8. The summed E-state index contributed by atoms with van der Waals surface area (Å²) in [6.45, 7) is 3.72. The van der Waals surface area contributed by atoms with Gasteiger partial charge in [0.05, 0.1) is 16.6 Å². The Morgan fingerprint density at radius 3 is 2.20 bits per heavy atom. The van der Waals surface area contributed by atoms with Gasteiger partial charge in [-0.25, -0.2) is 8.42 Å². The normalized spacial score (nSPS) is 17.3. The lowest BCUT2D eigenvalue weighted by Gasteiger charge is -2.30. The van der Waals surface area contributed by atoms with Crippen LogP contribution in [0.2, 0.25) is 5.02 Å². The molecular formula is C21H26ClN3O4S. The van der Waals surface area contributed by atoms with E-state index in [4.69, 9.17) is 11.6 Å². The summed E-state index contributed by atoms with van der Waals surface area (Å²) in [6.07, 6.45) is -1.13. The van der Waals surface area contributed by atoms with Crippen LogP contribution in [0.1, 0.15) is 36.6 Å². The molecule has 0 aromatic heterocycles. The van der Waals surface area contributed by atoms with E-state index in [9.17, 15) is 18.6 Å². The maximum absolute atomic E-state index is 11.9. The average molecular weight is 452 g/mol. The lowest BCUT2D eigenvalue weighted by Crippen LogP contribution is -2.42. The Morgan fingerprint density at radius 2 is 1.67 bits per heavy atom. The van der Waals surface area contributed by atoms with E-state index in [0.29, 0.717) is 10.6 Å². The van der Waals surface area contributed by atoms with Crippen molar-refractivity contribution in [1.29, 1.82) is 0 Å². The first kappa shape index (κ1) is 22.7. The summed E-state index contributed by atoms with van der Waals surface area (Å²) in [7, 11) is -2.80. The number of hydrogen-bond donors (Lipinski definition) is 3. The molecule has 7 nitrogen and oxygen atoms in total. The molecule has 162 valence electrons. The van der Waals surface area contributed by atoms with Gasteiger partial charge in [-0.1, -0.05) is 35.9 Å². The molecule has 0 aliphatic carbocycles. The molecule has 1 aliphatic heterocycles. The number of aliphatic hydroxyl groups is 2. The molecule has 0 fully saturated rings. The minimum absolute atomic E-state index is 0.00400. The second-order valence-electron chi connectivity index (χ2n) is 7.28. The van der Waals surface area contributed by atoms with Crippen LogP contribution in [0, 0.1) is 0 Å². The number of hydrogen-bond acceptors (Lipinski definition) is 7. The first-order valence-corrected chi connectivity index (χ1v) is 11.3. The van der Waals surface area contributed by atoms with Gasteiger partial charge in [-0.15, -0.1) is 0 Å². The van der Waals surface area contributed by atoms with E-state index in [0.717, 1.165) is 29.9 Å². The van der Waals surface area contributed by atoms with E-state index in [1.807, 2.05) is 41.4 Å². The predicted molar refractivity (Wildman–Crippen MR) is 120 cm³/mol. The van der Waals surface area contributed by atoms with Crippen molar-refractivity contribution in [2.45, 2.75) is 38.0 Å². The second kappa shape index (κ2) is 9.89. The zero-order valence-electron chi connectivity index (χ0n) is 16.8. The van der Waals surface area contributed by atoms with E-state index >= 15 is 0 Å². The fraction of sp³-hybridized carbons (Fsp3) is 0.381. The van der Waals surface area contributed by atoms with E-state index in [1.165, 1.54) is 18.7 Å². The lowest BCUT2D eigenvalue weighted by atomic mass is 10.1. The van der Waals surface area contributed by atoms with Gasteiger partial charge < -0.3 is 10.2 Å². The molecule has 9 heteroatoms. The molecule has 0 radical (unpaired) electrons. The predicted octanol–water partition coefficient (Wildman–Crippen LogP) is 2.59. The van der Waals surface area contributed by atoms with Crippen molar-refractivity contribution in [3.8, 4) is 0 Å². The summed E-state index contributed by atoms with van der Waals surface area (Å²) in [6, 6.07) is 14.7. The van der Waals surface area contributed by atoms with Crippen LogP contribution in [0.5, 0.6) is 0 Å². The van der Waals surface area contributed by atoms with Crippen molar-refractivity contribution in [2.75, 3.05) is 18.1 Å². The fourth-order valence-electron chi connectivity index (χ4n) is 3.47. The molecule has 0 saturated carbocycles. The lowest BCUT2D eigenvalue weighted by molar-refractivity contribution is -0.0836. The zero-order chi connectivity index (χ0) is 21.8. The summed E-state index contributed by atoms with van der Waals surface area (Å²) < 4.78 is 23.7. The molecule has 0 bridgehead atoms. The zero-order valence-corrected chi connectivity index (χ0v) is 18.5. The standard InChI is InChI=1S/C21H26ClN3O4S/c1-14(26)24(15(2)27)13-21(30(28)29)17-5-9-19(10-6-17)25-12-11-20(23-25)16-3-7-18(22)8-4-16/h3-10,14-15,21,26-27,30H,11-13H2,1-2H3. The van der Waals surface area contributed by atoms with Crippen LogP contribution in [0.15, 0.2) is 53.6 Å². The Labute approximate surface area is 183 Å². The highest BCUT2D eigenvalue weighted by atomic mass is 35.5. The van der Waals surface area contributed by atoms with Crippen molar-refractivity contribution in [3.63, 3.8) is 0 Å². The maximum Gasteiger partial charge on any atom is 0.148 e. The first-order valence-electron chi connectivity index (χ1n) is 9.72. The number of aliphatic hydroxyl groups excluding tert-OH is 2. The molecule has 1 aliphatic rings. The van der Waals surface area contributed by atoms with E-state index in [2.05, 4.69) is 5.10 Å². The number of thiol groups is 1. The van der Waals surface area contributed by atoms with Crippen LogP contribution < -0.4 is 5.01 Å². The molecule has 3 rings (SSSR count). The highest BCUT2D eigenvalue weighted by molar-refractivity contribution is 7.72. The molecule has 2 N–H and O–H groups in total. The monoisotopic (exact) mass is 451 g/mol. The number of halogens is 1. The van der Waals surface area contributed by atoms with E-state index in [1.54, 1.807) is 12.1 Å². The second-order valence-corrected chi connectivity index (χ2v) is 8.91. The number of nitrogens with zero attached hydrogens (tertiary/aromatic N) is 3. The van der Waals surface area contributed by atoms with Crippen molar-refractivity contribution in [3.05, 3.63) is 64.7 Å². The number of hydrazone groups is 1. The molecule has 0 saturated heterocycles. The summed E-state index contributed by atoms with van der Waals surface area (Å²) in [5.41, 5.74) is 3.46. The molecule has 3 unspecified atom stereocenters. The SMILES string of the molecule is CC(O)N(CC(c1ccc(N2CCC(c3ccc(Cl)cc3)=N2)cc1)[SH](=O)=O)C(C)O. The van der Waals surface area contributed by atoms with Gasteiger partial charge in [0, 0.05) is 24.5 Å². The van der Waals surface area contributed by atoms with Crippen LogP contribution in [-0.4, -0.2) is 54.8 Å². The Hall–Kier alpha value is -1.97. The van der Waals surface area contributed by atoms with Crippen LogP contribution in [0.4, 0.5) is 5.69 Å². The Balaban J connectivity index is 1.77. The summed E-state index contributed by atoms with van der Waals surface area (Å²) in [4.78, 5) is 1.33. The van der Waals surface area contributed by atoms with Gasteiger partial charge in [0.25, 0.3) is 0 Å². The Kier molecular flexibility index (Phi) is 7.49. The third-order valence-electron chi connectivity index (χ3n) is 5.15. The Bertz CT molecular complexity index is 943. The molecule has 0 spiro atoms. The van der Waals surface area contributed by atoms with Crippen LogP contribution >= 0.6 is 11.6 Å². The van der Waals surface area contributed by atoms with Crippen molar-refractivity contribution in [2.24, 2.45) is 5.10 Å². The quantitative estimate of drug-likeness (QED) is 0.422. The van der Waals surface area contributed by atoms with Gasteiger partial charge in [0.15, 0.2) is 0 Å². The smallest absolute Gasteiger partial charge is 0.148 e. The maximum atomic E-state index is 11.9. The number of benzene rings is 2. The molecule has 30 heavy (non-hydrogen) atoms. The van der Waals surface area contributed by atoms with Gasteiger partial charge in [-0.2, -0.15) is 5.10 Å². The number of anilines is 1. The topological polar surface area (TPSA) is 93.4 Å². The third kappa shape index (κ3) is 5.39. The van der Waals surface area contributed by atoms with Crippen molar-refractivity contribution < 1.29 is 18.6 Å². The first-order chi connectivity index (χ1) is 14.3. The largest absolute Gasteiger partial charge is 0.379 e. The van der Waals surface area contributed by atoms with Gasteiger partial charge >= 0.3 is 0 Å².